The first-order chi connectivity index (χ1) is 12.1. The molecule has 3 rings (SSSR count). The van der Waals surface area contributed by atoms with Crippen molar-refractivity contribution in [2.24, 2.45) is 0 Å². The summed E-state index contributed by atoms with van der Waals surface area (Å²) in [6, 6.07) is 13.7. The fourth-order valence-corrected chi connectivity index (χ4v) is 3.51. The molecule has 2 aromatic rings. The average Bonchev–Trinajstić information content (AvgIpc) is 3.25. The Bertz CT molecular complexity index is 655. The monoisotopic (exact) mass is 342 g/mol. The van der Waals surface area contributed by atoms with Gasteiger partial charge in [-0.2, -0.15) is 0 Å². The third kappa shape index (κ3) is 4.71. The van der Waals surface area contributed by atoms with E-state index in [1.54, 1.807) is 11.2 Å². The van der Waals surface area contributed by atoms with Gasteiger partial charge in [0, 0.05) is 11.7 Å². The Labute approximate surface area is 148 Å². The van der Waals surface area contributed by atoms with Crippen LogP contribution in [0.2, 0.25) is 0 Å². The Balaban J connectivity index is 1.72. The van der Waals surface area contributed by atoms with Crippen LogP contribution in [-0.4, -0.2) is 41.1 Å². The van der Waals surface area contributed by atoms with Crippen LogP contribution in [0.1, 0.15) is 31.9 Å². The van der Waals surface area contributed by atoms with Gasteiger partial charge in [0.1, 0.15) is 5.76 Å². The van der Waals surface area contributed by atoms with Gasteiger partial charge in [-0.25, -0.2) is 0 Å². The van der Waals surface area contributed by atoms with E-state index in [1.165, 1.54) is 0 Å². The van der Waals surface area contributed by atoms with E-state index in [0.717, 1.165) is 37.3 Å². The first-order valence-electron chi connectivity index (χ1n) is 8.93. The fraction of sp³-hybridized carbons (Fsp3) is 0.450. The summed E-state index contributed by atoms with van der Waals surface area (Å²) in [5.74, 6) is 0.819. The molecule has 5 nitrogen and oxygen atoms in total. The number of carbonyl (C=O) groups is 1. The molecule has 1 N–H and O–H groups in total. The minimum absolute atomic E-state index is 0.0556. The standard InChI is InChI=1S/C20H26N2O3/c1-16(23)13-18-9-5-11-21(18)15-20(24)22(14-19-10-6-12-25-19)17-7-3-2-4-8-17/h2-4,6-8,10,12,16,18,23H,5,9,11,13-15H2,1H3. The number of para-hydroxylation sites is 1. The number of anilines is 1. The van der Waals surface area contributed by atoms with Crippen molar-refractivity contribution in [3.8, 4) is 0 Å². The molecule has 1 aromatic heterocycles. The maximum Gasteiger partial charge on any atom is 0.241 e. The number of nitrogens with zero attached hydrogens (tertiary/aromatic N) is 2. The molecule has 5 heteroatoms. The first-order valence-corrected chi connectivity index (χ1v) is 8.93. The molecule has 1 aliphatic heterocycles. The second kappa shape index (κ2) is 8.32. The molecular formula is C20H26N2O3. The lowest BCUT2D eigenvalue weighted by atomic mass is 10.1. The predicted molar refractivity (Wildman–Crippen MR) is 97.2 cm³/mol. The van der Waals surface area contributed by atoms with Gasteiger partial charge in [-0.15, -0.1) is 0 Å². The van der Waals surface area contributed by atoms with Crippen molar-refractivity contribution in [2.75, 3.05) is 18.0 Å². The molecule has 1 amide bonds. The largest absolute Gasteiger partial charge is 0.467 e. The lowest BCUT2D eigenvalue weighted by Crippen LogP contribution is -2.42. The highest BCUT2D eigenvalue weighted by Gasteiger charge is 2.29. The van der Waals surface area contributed by atoms with E-state index < -0.39 is 0 Å². The van der Waals surface area contributed by atoms with E-state index in [2.05, 4.69) is 4.90 Å². The third-order valence-electron chi connectivity index (χ3n) is 4.71. The summed E-state index contributed by atoms with van der Waals surface area (Å²) < 4.78 is 5.44. The number of aliphatic hydroxyl groups excluding tert-OH is 1. The van der Waals surface area contributed by atoms with E-state index >= 15 is 0 Å². The minimum Gasteiger partial charge on any atom is -0.467 e. The van der Waals surface area contributed by atoms with Crippen molar-refractivity contribution in [3.05, 3.63) is 54.5 Å². The van der Waals surface area contributed by atoms with Gasteiger partial charge in [0.25, 0.3) is 0 Å². The Morgan fingerprint density at radius 1 is 1.32 bits per heavy atom. The van der Waals surface area contributed by atoms with E-state index in [1.807, 2.05) is 49.4 Å². The second-order valence-corrected chi connectivity index (χ2v) is 6.75. The lowest BCUT2D eigenvalue weighted by Gasteiger charge is -2.28. The number of carbonyl (C=O) groups excluding carboxylic acids is 1. The molecule has 2 atom stereocenters. The van der Waals surface area contributed by atoms with Crippen LogP contribution < -0.4 is 4.90 Å². The maximum absolute atomic E-state index is 13.0. The van der Waals surface area contributed by atoms with Gasteiger partial charge in [0.2, 0.25) is 5.91 Å². The summed E-state index contributed by atoms with van der Waals surface area (Å²) in [7, 11) is 0. The van der Waals surface area contributed by atoms with Crippen LogP contribution >= 0.6 is 0 Å². The molecule has 0 spiro atoms. The number of likely N-dealkylation sites (tertiary alicyclic amines) is 1. The number of furan rings is 1. The van der Waals surface area contributed by atoms with Crippen LogP contribution in [0.25, 0.3) is 0 Å². The summed E-state index contributed by atoms with van der Waals surface area (Å²) in [5.41, 5.74) is 0.871. The molecule has 0 aliphatic carbocycles. The van der Waals surface area contributed by atoms with Crippen molar-refractivity contribution in [1.82, 2.24) is 4.90 Å². The molecule has 0 saturated carbocycles. The number of hydrogen-bond donors (Lipinski definition) is 1. The van der Waals surface area contributed by atoms with Gasteiger partial charge in [-0.3, -0.25) is 9.69 Å². The van der Waals surface area contributed by atoms with Crippen LogP contribution in [0.15, 0.2) is 53.1 Å². The van der Waals surface area contributed by atoms with Crippen LogP contribution in [0.3, 0.4) is 0 Å². The zero-order valence-corrected chi connectivity index (χ0v) is 14.7. The molecule has 2 heterocycles. The van der Waals surface area contributed by atoms with Gasteiger partial charge < -0.3 is 14.4 Å². The van der Waals surface area contributed by atoms with Crippen molar-refractivity contribution in [2.45, 2.75) is 44.9 Å². The topological polar surface area (TPSA) is 56.9 Å². The number of amides is 1. The molecule has 1 aromatic carbocycles. The normalized spacial score (nSPS) is 19.0. The summed E-state index contributed by atoms with van der Waals surface area (Å²) in [6.07, 6.45) is 4.13. The highest BCUT2D eigenvalue weighted by molar-refractivity contribution is 5.94. The molecule has 25 heavy (non-hydrogen) atoms. The zero-order valence-electron chi connectivity index (χ0n) is 14.7. The molecule has 0 radical (unpaired) electrons. The molecule has 1 saturated heterocycles. The van der Waals surface area contributed by atoms with E-state index in [0.29, 0.717) is 13.1 Å². The quantitative estimate of drug-likeness (QED) is 0.840. The lowest BCUT2D eigenvalue weighted by molar-refractivity contribution is -0.120. The molecular weight excluding hydrogens is 316 g/mol. The molecule has 0 bridgehead atoms. The highest BCUT2D eigenvalue weighted by Crippen LogP contribution is 2.23. The highest BCUT2D eigenvalue weighted by atomic mass is 16.3. The number of hydrogen-bond acceptors (Lipinski definition) is 4. The van der Waals surface area contributed by atoms with E-state index in [9.17, 15) is 9.90 Å². The zero-order chi connectivity index (χ0) is 17.6. The van der Waals surface area contributed by atoms with Crippen LogP contribution in [-0.2, 0) is 11.3 Å². The van der Waals surface area contributed by atoms with Crippen LogP contribution in [0, 0.1) is 0 Å². The third-order valence-corrected chi connectivity index (χ3v) is 4.71. The van der Waals surface area contributed by atoms with Gasteiger partial charge in [0.15, 0.2) is 0 Å². The molecule has 134 valence electrons. The Hall–Kier alpha value is -2.11. The van der Waals surface area contributed by atoms with Crippen molar-refractivity contribution in [3.63, 3.8) is 0 Å². The van der Waals surface area contributed by atoms with Crippen LogP contribution in [0.5, 0.6) is 0 Å². The summed E-state index contributed by atoms with van der Waals surface area (Å²) in [4.78, 5) is 17.0. The Kier molecular flexibility index (Phi) is 5.89. The van der Waals surface area contributed by atoms with E-state index in [4.69, 9.17) is 4.42 Å². The van der Waals surface area contributed by atoms with Crippen molar-refractivity contribution < 1.29 is 14.3 Å². The number of benzene rings is 1. The smallest absolute Gasteiger partial charge is 0.241 e. The molecule has 1 aliphatic rings. The minimum atomic E-state index is -0.339. The Morgan fingerprint density at radius 2 is 2.12 bits per heavy atom. The molecule has 2 unspecified atom stereocenters. The predicted octanol–water partition coefficient (Wildman–Crippen LogP) is 3.05. The average molecular weight is 342 g/mol. The number of rotatable bonds is 7. The number of aliphatic hydroxyl groups is 1. The van der Waals surface area contributed by atoms with Crippen molar-refractivity contribution >= 4 is 11.6 Å². The van der Waals surface area contributed by atoms with Crippen LogP contribution in [0.4, 0.5) is 5.69 Å². The first kappa shape index (κ1) is 17.7. The van der Waals surface area contributed by atoms with Gasteiger partial charge in [-0.05, 0) is 57.0 Å². The van der Waals surface area contributed by atoms with Gasteiger partial charge in [0.05, 0.1) is 25.5 Å². The molecule has 1 fully saturated rings. The Morgan fingerprint density at radius 3 is 2.80 bits per heavy atom. The summed E-state index contributed by atoms with van der Waals surface area (Å²) in [5, 5.41) is 9.69. The maximum atomic E-state index is 13.0. The van der Waals surface area contributed by atoms with Gasteiger partial charge >= 0.3 is 0 Å². The summed E-state index contributed by atoms with van der Waals surface area (Å²) >= 11 is 0. The van der Waals surface area contributed by atoms with Gasteiger partial charge in [-0.1, -0.05) is 18.2 Å². The summed E-state index contributed by atoms with van der Waals surface area (Å²) in [6.45, 7) is 3.51. The fourth-order valence-electron chi connectivity index (χ4n) is 3.51. The van der Waals surface area contributed by atoms with Crippen molar-refractivity contribution in [1.29, 1.82) is 0 Å². The van der Waals surface area contributed by atoms with E-state index in [-0.39, 0.29) is 18.1 Å². The SMILES string of the molecule is CC(O)CC1CCCN1CC(=O)N(Cc1ccco1)c1ccccc1. The second-order valence-electron chi connectivity index (χ2n) is 6.75.